The zero-order chi connectivity index (χ0) is 22.9. The number of hydrogen-bond acceptors (Lipinski definition) is 0. The summed E-state index contributed by atoms with van der Waals surface area (Å²) in [7, 11) is 0. The van der Waals surface area contributed by atoms with Crippen LogP contribution in [0.1, 0.15) is 88.8 Å². The van der Waals surface area contributed by atoms with Crippen LogP contribution in [0.5, 0.6) is 0 Å². The van der Waals surface area contributed by atoms with Crippen molar-refractivity contribution in [1.29, 1.82) is 0 Å². The van der Waals surface area contributed by atoms with Crippen LogP contribution >= 0.6 is 0 Å². The lowest BCUT2D eigenvalue weighted by molar-refractivity contribution is 0.569. The van der Waals surface area contributed by atoms with Gasteiger partial charge in [0, 0.05) is 5.41 Å². The van der Waals surface area contributed by atoms with Crippen molar-refractivity contribution in [3.05, 3.63) is 81.9 Å². The van der Waals surface area contributed by atoms with E-state index in [1.807, 2.05) is 0 Å². The molecule has 0 N–H and O–H groups in total. The van der Waals surface area contributed by atoms with Crippen molar-refractivity contribution in [3.8, 4) is 22.3 Å². The van der Waals surface area contributed by atoms with Crippen LogP contribution in [-0.2, 0) is 16.2 Å². The van der Waals surface area contributed by atoms with Gasteiger partial charge in [-0.1, -0.05) is 103 Å². The molecule has 4 rings (SSSR count). The molecule has 31 heavy (non-hydrogen) atoms. The Labute approximate surface area is 189 Å². The summed E-state index contributed by atoms with van der Waals surface area (Å²) in [5, 5.41) is 0. The summed E-state index contributed by atoms with van der Waals surface area (Å²) in [5.74, 6) is 0. The predicted octanol–water partition coefficient (Wildman–Crippen LogP) is 8.87. The molecule has 0 bridgehead atoms. The van der Waals surface area contributed by atoms with E-state index in [-0.39, 0.29) is 16.2 Å². The third-order valence-electron chi connectivity index (χ3n) is 7.10. The van der Waals surface area contributed by atoms with Crippen LogP contribution in [0.3, 0.4) is 0 Å². The Bertz CT molecular complexity index is 1140. The third kappa shape index (κ3) is 3.65. The highest BCUT2D eigenvalue weighted by molar-refractivity contribution is 5.86. The SMILES string of the molecule is Cc1ccc2c(c1)C(C)(C)c1c(C)cc(-c3cc(C(C)(C)C)cc(C(C)(C)C)c3)cc1-2. The van der Waals surface area contributed by atoms with E-state index < -0.39 is 0 Å². The maximum absolute atomic E-state index is 2.44. The fourth-order valence-electron chi connectivity index (χ4n) is 5.20. The van der Waals surface area contributed by atoms with Crippen LogP contribution in [-0.4, -0.2) is 0 Å². The van der Waals surface area contributed by atoms with Crippen LogP contribution in [0.25, 0.3) is 22.3 Å². The summed E-state index contributed by atoms with van der Waals surface area (Å²) in [5.41, 5.74) is 14.3. The highest BCUT2D eigenvalue weighted by Gasteiger charge is 2.37. The van der Waals surface area contributed by atoms with Crippen molar-refractivity contribution < 1.29 is 0 Å². The summed E-state index contributed by atoms with van der Waals surface area (Å²) < 4.78 is 0. The molecular formula is C31H38. The van der Waals surface area contributed by atoms with E-state index >= 15 is 0 Å². The fraction of sp³-hybridized carbons (Fsp3) is 0.419. The average molecular weight is 411 g/mol. The molecule has 0 unspecified atom stereocenters. The maximum atomic E-state index is 2.44. The van der Waals surface area contributed by atoms with E-state index in [1.165, 1.54) is 55.6 Å². The van der Waals surface area contributed by atoms with E-state index in [4.69, 9.17) is 0 Å². The first-order chi connectivity index (χ1) is 14.2. The van der Waals surface area contributed by atoms with Crippen LogP contribution in [0, 0.1) is 13.8 Å². The number of aryl methyl sites for hydroxylation is 2. The Kier molecular flexibility index (Phi) is 4.82. The first kappa shape index (κ1) is 21.9. The lowest BCUT2D eigenvalue weighted by Crippen LogP contribution is -2.17. The molecule has 3 aromatic carbocycles. The molecule has 0 atom stereocenters. The molecule has 0 nitrogen and oxygen atoms in total. The number of fused-ring (bicyclic) bond motifs is 3. The lowest BCUT2D eigenvalue weighted by Gasteiger charge is -2.27. The Morgan fingerprint density at radius 2 is 1.16 bits per heavy atom. The minimum absolute atomic E-state index is 0.0448. The van der Waals surface area contributed by atoms with Crippen molar-refractivity contribution in [2.45, 2.75) is 85.5 Å². The summed E-state index contributed by atoms with van der Waals surface area (Å²) in [6, 6.07) is 19.0. The van der Waals surface area contributed by atoms with Gasteiger partial charge in [0.25, 0.3) is 0 Å². The van der Waals surface area contributed by atoms with E-state index in [1.54, 1.807) is 0 Å². The molecule has 0 saturated carbocycles. The quantitative estimate of drug-likeness (QED) is 0.376. The molecule has 1 aliphatic rings. The maximum Gasteiger partial charge on any atom is 0.0161 e. The van der Waals surface area contributed by atoms with Gasteiger partial charge < -0.3 is 0 Å². The lowest BCUT2D eigenvalue weighted by atomic mass is 9.77. The van der Waals surface area contributed by atoms with Gasteiger partial charge in [-0.25, -0.2) is 0 Å². The zero-order valence-corrected chi connectivity index (χ0v) is 21.1. The van der Waals surface area contributed by atoms with Gasteiger partial charge in [0.15, 0.2) is 0 Å². The molecule has 0 fully saturated rings. The van der Waals surface area contributed by atoms with Crippen molar-refractivity contribution in [2.75, 3.05) is 0 Å². The third-order valence-corrected chi connectivity index (χ3v) is 7.10. The number of rotatable bonds is 1. The topological polar surface area (TPSA) is 0 Å². The first-order valence-electron chi connectivity index (χ1n) is 11.6. The Morgan fingerprint density at radius 3 is 1.71 bits per heavy atom. The molecule has 0 heterocycles. The van der Waals surface area contributed by atoms with Gasteiger partial charge in [0.2, 0.25) is 0 Å². The summed E-state index contributed by atoms with van der Waals surface area (Å²) in [4.78, 5) is 0. The largest absolute Gasteiger partial charge is 0.0587 e. The molecule has 162 valence electrons. The minimum atomic E-state index is 0.0448. The molecule has 0 saturated heterocycles. The van der Waals surface area contributed by atoms with E-state index in [0.29, 0.717) is 0 Å². The average Bonchev–Trinajstić information content (AvgIpc) is 2.87. The monoisotopic (exact) mass is 410 g/mol. The second-order valence-electron chi connectivity index (χ2n) is 12.2. The van der Waals surface area contributed by atoms with Gasteiger partial charge in [-0.2, -0.15) is 0 Å². The second-order valence-corrected chi connectivity index (χ2v) is 12.2. The van der Waals surface area contributed by atoms with Gasteiger partial charge in [-0.15, -0.1) is 0 Å². The normalized spacial score (nSPS) is 15.0. The molecule has 0 heteroatoms. The van der Waals surface area contributed by atoms with Crippen molar-refractivity contribution in [3.63, 3.8) is 0 Å². The summed E-state index contributed by atoms with van der Waals surface area (Å²) in [6.45, 7) is 23.1. The molecule has 0 aliphatic heterocycles. The molecule has 0 radical (unpaired) electrons. The van der Waals surface area contributed by atoms with E-state index in [0.717, 1.165) is 0 Å². The van der Waals surface area contributed by atoms with Gasteiger partial charge in [0.1, 0.15) is 0 Å². The fourth-order valence-corrected chi connectivity index (χ4v) is 5.20. The van der Waals surface area contributed by atoms with Gasteiger partial charge in [-0.05, 0) is 80.8 Å². The van der Waals surface area contributed by atoms with Gasteiger partial charge in [0.05, 0.1) is 0 Å². The van der Waals surface area contributed by atoms with Crippen LogP contribution < -0.4 is 0 Å². The van der Waals surface area contributed by atoms with E-state index in [9.17, 15) is 0 Å². The smallest absolute Gasteiger partial charge is 0.0161 e. The molecule has 1 aliphatic carbocycles. The second kappa shape index (κ2) is 6.83. The molecule has 0 aromatic heterocycles. The predicted molar refractivity (Wildman–Crippen MR) is 136 cm³/mol. The van der Waals surface area contributed by atoms with E-state index in [2.05, 4.69) is 118 Å². The van der Waals surface area contributed by atoms with Crippen LogP contribution in [0.4, 0.5) is 0 Å². The first-order valence-corrected chi connectivity index (χ1v) is 11.6. The highest BCUT2D eigenvalue weighted by atomic mass is 14.4. The standard InChI is InChI=1S/C31H38/c1-19-11-12-25-26-17-21(14-20(2)28(26)31(9,10)27(25)13-19)22-15-23(29(3,4)5)18-24(16-22)30(6,7)8/h11-18H,1-10H3. The van der Waals surface area contributed by atoms with Crippen molar-refractivity contribution in [1.82, 2.24) is 0 Å². The van der Waals surface area contributed by atoms with Crippen LogP contribution in [0.2, 0.25) is 0 Å². The summed E-state index contributed by atoms with van der Waals surface area (Å²) in [6.07, 6.45) is 0. The number of hydrogen-bond donors (Lipinski definition) is 0. The number of benzene rings is 3. The van der Waals surface area contributed by atoms with Gasteiger partial charge in [-0.3, -0.25) is 0 Å². The van der Waals surface area contributed by atoms with Crippen molar-refractivity contribution >= 4 is 0 Å². The minimum Gasteiger partial charge on any atom is -0.0587 e. The molecular weight excluding hydrogens is 372 g/mol. The van der Waals surface area contributed by atoms with Crippen molar-refractivity contribution in [2.24, 2.45) is 0 Å². The Hall–Kier alpha value is -2.34. The molecule has 0 amide bonds. The Balaban J connectivity index is 1.98. The Morgan fingerprint density at radius 1 is 0.613 bits per heavy atom. The molecule has 0 spiro atoms. The van der Waals surface area contributed by atoms with Crippen LogP contribution in [0.15, 0.2) is 48.5 Å². The highest BCUT2D eigenvalue weighted by Crippen LogP contribution is 2.51. The zero-order valence-electron chi connectivity index (χ0n) is 21.1. The van der Waals surface area contributed by atoms with Gasteiger partial charge >= 0.3 is 0 Å². The summed E-state index contributed by atoms with van der Waals surface area (Å²) >= 11 is 0. The molecule has 3 aromatic rings.